The van der Waals surface area contributed by atoms with Crippen molar-refractivity contribution < 1.29 is 14.6 Å². The second kappa shape index (κ2) is 9.78. The van der Waals surface area contributed by atoms with Crippen molar-refractivity contribution >= 4 is 0 Å². The standard InChI is InChI=1S/C24H31N3O3/c1-17(2)27(15-18(3)28)16-22-23(19-10-7-6-8-11-19)25-26(4)24(22)30-21-13-9-12-20(14-21)29-5/h6-14,17-18,28H,15-16H2,1-5H3. The molecule has 2 aromatic carbocycles. The minimum atomic E-state index is -0.424. The zero-order valence-corrected chi connectivity index (χ0v) is 18.4. The lowest BCUT2D eigenvalue weighted by Gasteiger charge is -2.28. The molecule has 0 fully saturated rings. The fourth-order valence-corrected chi connectivity index (χ4v) is 3.43. The van der Waals surface area contributed by atoms with Crippen LogP contribution in [-0.2, 0) is 13.6 Å². The summed E-state index contributed by atoms with van der Waals surface area (Å²) >= 11 is 0. The van der Waals surface area contributed by atoms with Gasteiger partial charge in [-0.05, 0) is 32.9 Å². The van der Waals surface area contributed by atoms with Gasteiger partial charge in [-0.25, -0.2) is 4.68 Å². The monoisotopic (exact) mass is 409 g/mol. The summed E-state index contributed by atoms with van der Waals surface area (Å²) in [5.74, 6) is 2.10. The topological polar surface area (TPSA) is 59.8 Å². The number of aromatic nitrogens is 2. The van der Waals surface area contributed by atoms with E-state index in [0.717, 1.165) is 22.6 Å². The number of benzene rings is 2. The Labute approximate surface area is 178 Å². The molecule has 1 aromatic heterocycles. The van der Waals surface area contributed by atoms with Gasteiger partial charge >= 0.3 is 0 Å². The minimum absolute atomic E-state index is 0.257. The molecule has 3 rings (SSSR count). The molecule has 0 spiro atoms. The largest absolute Gasteiger partial charge is 0.497 e. The lowest BCUT2D eigenvalue weighted by atomic mass is 10.1. The first-order valence-corrected chi connectivity index (χ1v) is 10.2. The van der Waals surface area contributed by atoms with E-state index in [4.69, 9.17) is 14.6 Å². The molecule has 0 amide bonds. The van der Waals surface area contributed by atoms with E-state index in [1.54, 1.807) is 11.8 Å². The number of aliphatic hydroxyl groups excluding tert-OH is 1. The molecule has 0 aliphatic heterocycles. The average molecular weight is 410 g/mol. The van der Waals surface area contributed by atoms with Gasteiger partial charge in [-0.3, -0.25) is 4.90 Å². The fourth-order valence-electron chi connectivity index (χ4n) is 3.43. The highest BCUT2D eigenvalue weighted by Crippen LogP contribution is 2.35. The van der Waals surface area contributed by atoms with Crippen LogP contribution in [-0.4, -0.2) is 45.6 Å². The van der Waals surface area contributed by atoms with Crippen LogP contribution in [0.3, 0.4) is 0 Å². The molecule has 0 bridgehead atoms. The van der Waals surface area contributed by atoms with Crippen LogP contribution < -0.4 is 9.47 Å². The number of hydrogen-bond acceptors (Lipinski definition) is 5. The number of nitrogens with zero attached hydrogens (tertiary/aromatic N) is 3. The number of aryl methyl sites for hydroxylation is 1. The third kappa shape index (κ3) is 5.20. The van der Waals surface area contributed by atoms with E-state index in [0.29, 0.717) is 24.7 Å². The maximum absolute atomic E-state index is 10.00. The van der Waals surface area contributed by atoms with Gasteiger partial charge < -0.3 is 14.6 Å². The molecule has 0 aliphatic rings. The second-order valence-electron chi connectivity index (χ2n) is 7.78. The van der Waals surface area contributed by atoms with E-state index in [2.05, 4.69) is 30.9 Å². The van der Waals surface area contributed by atoms with E-state index in [-0.39, 0.29) is 6.04 Å². The van der Waals surface area contributed by atoms with Gasteiger partial charge in [-0.15, -0.1) is 0 Å². The number of aliphatic hydroxyl groups is 1. The Morgan fingerprint density at radius 3 is 2.37 bits per heavy atom. The summed E-state index contributed by atoms with van der Waals surface area (Å²) < 4.78 is 13.4. The van der Waals surface area contributed by atoms with Crippen molar-refractivity contribution in [3.05, 3.63) is 60.2 Å². The van der Waals surface area contributed by atoms with Gasteiger partial charge in [0.25, 0.3) is 0 Å². The molecule has 0 aliphatic carbocycles. The van der Waals surface area contributed by atoms with Gasteiger partial charge in [-0.2, -0.15) is 5.10 Å². The van der Waals surface area contributed by atoms with Crippen molar-refractivity contribution in [1.29, 1.82) is 0 Å². The summed E-state index contributed by atoms with van der Waals surface area (Å²) in [5, 5.41) is 14.8. The summed E-state index contributed by atoms with van der Waals surface area (Å²) in [6.07, 6.45) is -0.424. The summed E-state index contributed by atoms with van der Waals surface area (Å²) in [4.78, 5) is 2.23. The van der Waals surface area contributed by atoms with Crippen LogP contribution in [0.4, 0.5) is 0 Å². The number of rotatable bonds is 9. The van der Waals surface area contributed by atoms with Crippen molar-refractivity contribution in [3.63, 3.8) is 0 Å². The molecule has 3 aromatic rings. The van der Waals surface area contributed by atoms with Crippen LogP contribution in [0.1, 0.15) is 26.3 Å². The minimum Gasteiger partial charge on any atom is -0.497 e. The highest BCUT2D eigenvalue weighted by atomic mass is 16.5. The highest BCUT2D eigenvalue weighted by molar-refractivity contribution is 5.65. The van der Waals surface area contributed by atoms with Gasteiger partial charge in [-0.1, -0.05) is 36.4 Å². The highest BCUT2D eigenvalue weighted by Gasteiger charge is 2.24. The summed E-state index contributed by atoms with van der Waals surface area (Å²) in [7, 11) is 3.53. The first-order valence-electron chi connectivity index (χ1n) is 10.2. The Morgan fingerprint density at radius 2 is 1.73 bits per heavy atom. The van der Waals surface area contributed by atoms with Gasteiger partial charge in [0.2, 0.25) is 5.88 Å². The Hall–Kier alpha value is -2.83. The number of methoxy groups -OCH3 is 1. The van der Waals surface area contributed by atoms with E-state index < -0.39 is 6.10 Å². The SMILES string of the molecule is COc1cccc(Oc2c(CN(CC(C)O)C(C)C)c(-c3ccccc3)nn2C)c1. The molecular weight excluding hydrogens is 378 g/mol. The van der Waals surface area contributed by atoms with Gasteiger partial charge in [0.15, 0.2) is 0 Å². The van der Waals surface area contributed by atoms with Crippen molar-refractivity contribution in [2.24, 2.45) is 7.05 Å². The van der Waals surface area contributed by atoms with Crippen LogP contribution in [0.2, 0.25) is 0 Å². The summed E-state index contributed by atoms with van der Waals surface area (Å²) in [6.45, 7) is 7.25. The number of hydrogen-bond donors (Lipinski definition) is 1. The first kappa shape index (κ1) is 21.9. The van der Waals surface area contributed by atoms with Crippen LogP contribution in [0.25, 0.3) is 11.3 Å². The molecule has 1 heterocycles. The molecule has 0 radical (unpaired) electrons. The van der Waals surface area contributed by atoms with Crippen molar-refractivity contribution in [2.75, 3.05) is 13.7 Å². The van der Waals surface area contributed by atoms with Gasteiger partial charge in [0.1, 0.15) is 17.2 Å². The molecular formula is C24H31N3O3. The maximum atomic E-state index is 10.00. The maximum Gasteiger partial charge on any atom is 0.222 e. The molecule has 1 N–H and O–H groups in total. The quantitative estimate of drug-likeness (QED) is 0.565. The molecule has 30 heavy (non-hydrogen) atoms. The Bertz CT molecular complexity index is 952. The van der Waals surface area contributed by atoms with Gasteiger partial charge in [0, 0.05) is 37.8 Å². The normalized spacial score (nSPS) is 12.4. The van der Waals surface area contributed by atoms with Crippen molar-refractivity contribution in [3.8, 4) is 28.6 Å². The third-order valence-corrected chi connectivity index (χ3v) is 4.98. The predicted molar refractivity (Wildman–Crippen MR) is 119 cm³/mol. The first-order chi connectivity index (χ1) is 14.4. The van der Waals surface area contributed by atoms with Crippen molar-refractivity contribution in [1.82, 2.24) is 14.7 Å². The summed E-state index contributed by atoms with van der Waals surface area (Å²) in [6, 6.07) is 17.9. The molecule has 6 nitrogen and oxygen atoms in total. The molecule has 1 atom stereocenters. The average Bonchev–Trinajstić information content (AvgIpc) is 3.03. The lowest BCUT2D eigenvalue weighted by Crippen LogP contribution is -2.36. The number of ether oxygens (including phenoxy) is 2. The molecule has 6 heteroatoms. The third-order valence-electron chi connectivity index (χ3n) is 4.98. The van der Waals surface area contributed by atoms with Crippen LogP contribution >= 0.6 is 0 Å². The Morgan fingerprint density at radius 1 is 1.03 bits per heavy atom. The lowest BCUT2D eigenvalue weighted by molar-refractivity contribution is 0.102. The predicted octanol–water partition coefficient (Wildman–Crippen LogP) is 4.48. The van der Waals surface area contributed by atoms with Crippen molar-refractivity contribution in [2.45, 2.75) is 39.5 Å². The van der Waals surface area contributed by atoms with E-state index in [1.165, 1.54) is 0 Å². The van der Waals surface area contributed by atoms with Crippen LogP contribution in [0.15, 0.2) is 54.6 Å². The van der Waals surface area contributed by atoms with Crippen LogP contribution in [0.5, 0.6) is 17.4 Å². The fraction of sp³-hybridized carbons (Fsp3) is 0.375. The zero-order chi connectivity index (χ0) is 21.7. The molecule has 1 unspecified atom stereocenters. The zero-order valence-electron chi connectivity index (χ0n) is 18.4. The van der Waals surface area contributed by atoms with E-state index >= 15 is 0 Å². The Kier molecular flexibility index (Phi) is 7.13. The smallest absolute Gasteiger partial charge is 0.222 e. The molecule has 0 saturated heterocycles. The molecule has 160 valence electrons. The van der Waals surface area contributed by atoms with E-state index in [1.807, 2.05) is 56.4 Å². The summed E-state index contributed by atoms with van der Waals surface area (Å²) in [5.41, 5.74) is 2.90. The van der Waals surface area contributed by atoms with E-state index in [9.17, 15) is 5.11 Å². The second-order valence-corrected chi connectivity index (χ2v) is 7.78. The molecule has 0 saturated carbocycles. The Balaban J connectivity index is 2.05. The van der Waals surface area contributed by atoms with Gasteiger partial charge in [0.05, 0.1) is 18.8 Å². The van der Waals surface area contributed by atoms with Crippen LogP contribution in [0, 0.1) is 0 Å².